The number of carbonyl (C=O) groups is 2. The van der Waals surface area contributed by atoms with E-state index in [1.54, 1.807) is 34.9 Å². The number of aryl methyl sites for hydroxylation is 1. The van der Waals surface area contributed by atoms with Crippen molar-refractivity contribution in [3.8, 4) is 5.75 Å². The van der Waals surface area contributed by atoms with E-state index in [-0.39, 0.29) is 11.4 Å². The number of aliphatic hydroxyl groups excluding tert-OH is 1. The van der Waals surface area contributed by atoms with E-state index < -0.39 is 17.7 Å². The molecule has 166 valence electrons. The first-order valence-corrected chi connectivity index (χ1v) is 11.5. The number of ketones is 1. The first-order chi connectivity index (χ1) is 15.6. The number of thiophene rings is 1. The third-order valence-corrected chi connectivity index (χ3v) is 6.18. The van der Waals surface area contributed by atoms with E-state index in [9.17, 15) is 14.7 Å². The van der Waals surface area contributed by atoms with Crippen molar-refractivity contribution in [3.05, 3.63) is 82.3 Å². The monoisotopic (exact) mass is 451 g/mol. The summed E-state index contributed by atoms with van der Waals surface area (Å²) >= 11 is 1.29. The fourth-order valence-electron chi connectivity index (χ4n) is 3.84. The van der Waals surface area contributed by atoms with Gasteiger partial charge in [-0.2, -0.15) is 0 Å². The molecule has 3 heterocycles. The Morgan fingerprint density at radius 2 is 2.12 bits per heavy atom. The van der Waals surface area contributed by atoms with Crippen molar-refractivity contribution in [2.75, 3.05) is 13.2 Å². The van der Waals surface area contributed by atoms with Crippen LogP contribution in [0.25, 0.3) is 0 Å². The zero-order chi connectivity index (χ0) is 22.5. The van der Waals surface area contributed by atoms with E-state index >= 15 is 0 Å². The van der Waals surface area contributed by atoms with Crippen molar-refractivity contribution in [1.29, 1.82) is 0 Å². The molecule has 0 saturated heterocycles. The third kappa shape index (κ3) is 4.45. The summed E-state index contributed by atoms with van der Waals surface area (Å²) in [7, 11) is 0. The van der Waals surface area contributed by atoms with E-state index in [0.717, 1.165) is 12.0 Å². The lowest BCUT2D eigenvalue weighted by Crippen LogP contribution is -2.32. The average Bonchev–Trinajstić information content (AvgIpc) is 3.56. The number of benzene rings is 1. The van der Waals surface area contributed by atoms with Crippen molar-refractivity contribution in [2.24, 2.45) is 0 Å². The largest absolute Gasteiger partial charge is 0.503 e. The van der Waals surface area contributed by atoms with E-state index in [1.807, 2.05) is 42.0 Å². The SMILES string of the molecule is CCCOc1cccc([C@H]2C(C(=O)c3cccs3)=C(O)C(=O)N2CCCn2ccnc2)c1. The molecular weight excluding hydrogens is 426 g/mol. The van der Waals surface area contributed by atoms with E-state index in [1.165, 1.54) is 11.3 Å². The Hall–Kier alpha value is -3.39. The molecule has 4 rings (SSSR count). The highest BCUT2D eigenvalue weighted by atomic mass is 32.1. The molecular formula is C24H25N3O4S. The minimum atomic E-state index is -0.676. The third-order valence-electron chi connectivity index (χ3n) is 5.31. The van der Waals surface area contributed by atoms with Gasteiger partial charge in [0.25, 0.3) is 5.91 Å². The van der Waals surface area contributed by atoms with Gasteiger partial charge in [-0.1, -0.05) is 25.1 Å². The van der Waals surface area contributed by atoms with Gasteiger partial charge in [0.05, 0.1) is 29.4 Å². The summed E-state index contributed by atoms with van der Waals surface area (Å²) in [5, 5.41) is 12.6. The summed E-state index contributed by atoms with van der Waals surface area (Å²) in [5.41, 5.74) is 0.853. The molecule has 1 aromatic carbocycles. The fourth-order valence-corrected chi connectivity index (χ4v) is 4.52. The molecule has 0 aliphatic carbocycles. The second-order valence-electron chi connectivity index (χ2n) is 7.54. The highest BCUT2D eigenvalue weighted by Crippen LogP contribution is 2.40. The Labute approximate surface area is 190 Å². The maximum absolute atomic E-state index is 13.3. The second kappa shape index (κ2) is 9.82. The molecule has 2 aromatic heterocycles. The van der Waals surface area contributed by atoms with Crippen molar-refractivity contribution in [2.45, 2.75) is 32.4 Å². The number of imidazole rings is 1. The minimum absolute atomic E-state index is 0.118. The number of carbonyl (C=O) groups excluding carboxylic acids is 2. The van der Waals surface area contributed by atoms with Crippen LogP contribution in [-0.4, -0.2) is 44.4 Å². The molecule has 8 heteroatoms. The summed E-state index contributed by atoms with van der Waals surface area (Å²) in [6.45, 7) is 3.65. The maximum Gasteiger partial charge on any atom is 0.290 e. The van der Waals surface area contributed by atoms with Crippen LogP contribution in [0.4, 0.5) is 0 Å². The second-order valence-corrected chi connectivity index (χ2v) is 8.49. The Kier molecular flexibility index (Phi) is 6.70. The molecule has 1 N–H and O–H groups in total. The number of amides is 1. The first kappa shape index (κ1) is 21.8. The summed E-state index contributed by atoms with van der Waals surface area (Å²) < 4.78 is 7.70. The minimum Gasteiger partial charge on any atom is -0.503 e. The van der Waals surface area contributed by atoms with Gasteiger partial charge in [0.1, 0.15) is 5.75 Å². The zero-order valence-corrected chi connectivity index (χ0v) is 18.6. The van der Waals surface area contributed by atoms with Crippen LogP contribution in [0.3, 0.4) is 0 Å². The number of hydrogen-bond donors (Lipinski definition) is 1. The molecule has 0 saturated carbocycles. The topological polar surface area (TPSA) is 84.7 Å². The highest BCUT2D eigenvalue weighted by molar-refractivity contribution is 7.12. The quantitative estimate of drug-likeness (QED) is 0.462. The number of aromatic nitrogens is 2. The standard InChI is InChI=1S/C24H25N3O4S/c1-2-13-31-18-7-3-6-17(15-18)21-20(22(28)19-8-4-14-32-19)23(29)24(30)27(21)11-5-10-26-12-9-25-16-26/h3-4,6-9,12,14-16,21,29H,2,5,10-11,13H2,1H3/t21-/m0/s1. The predicted octanol–water partition coefficient (Wildman–Crippen LogP) is 4.40. The Balaban J connectivity index is 1.66. The van der Waals surface area contributed by atoms with Crippen molar-refractivity contribution in [1.82, 2.24) is 14.5 Å². The summed E-state index contributed by atoms with van der Waals surface area (Å²) in [6, 6.07) is 10.2. The Morgan fingerprint density at radius 1 is 1.25 bits per heavy atom. The highest BCUT2D eigenvalue weighted by Gasteiger charge is 2.43. The summed E-state index contributed by atoms with van der Waals surface area (Å²) in [4.78, 5) is 32.4. The van der Waals surface area contributed by atoms with Crippen LogP contribution >= 0.6 is 11.3 Å². The number of rotatable bonds is 10. The lowest BCUT2D eigenvalue weighted by molar-refractivity contribution is -0.129. The van der Waals surface area contributed by atoms with Crippen LogP contribution in [0, 0.1) is 0 Å². The maximum atomic E-state index is 13.3. The van der Waals surface area contributed by atoms with Crippen LogP contribution < -0.4 is 4.74 Å². The molecule has 0 spiro atoms. The van der Waals surface area contributed by atoms with Crippen LogP contribution in [0.1, 0.15) is 41.0 Å². The van der Waals surface area contributed by atoms with Gasteiger partial charge in [0.2, 0.25) is 5.78 Å². The van der Waals surface area contributed by atoms with Gasteiger partial charge < -0.3 is 19.3 Å². The number of hydrogen-bond acceptors (Lipinski definition) is 6. The molecule has 7 nitrogen and oxygen atoms in total. The fraction of sp³-hybridized carbons (Fsp3) is 0.292. The Morgan fingerprint density at radius 3 is 2.84 bits per heavy atom. The summed E-state index contributed by atoms with van der Waals surface area (Å²) in [6.07, 6.45) is 6.81. The molecule has 1 amide bonds. The number of aliphatic hydroxyl groups is 1. The lowest BCUT2D eigenvalue weighted by atomic mass is 9.95. The van der Waals surface area contributed by atoms with Gasteiger partial charge >= 0.3 is 0 Å². The average molecular weight is 452 g/mol. The molecule has 1 atom stereocenters. The van der Waals surface area contributed by atoms with Gasteiger partial charge in [-0.15, -0.1) is 11.3 Å². The number of nitrogens with zero attached hydrogens (tertiary/aromatic N) is 3. The van der Waals surface area contributed by atoms with Gasteiger partial charge in [-0.25, -0.2) is 4.98 Å². The van der Waals surface area contributed by atoms with Gasteiger partial charge in [-0.3, -0.25) is 9.59 Å². The van der Waals surface area contributed by atoms with Crippen LogP contribution in [0.2, 0.25) is 0 Å². The van der Waals surface area contributed by atoms with E-state index in [4.69, 9.17) is 4.74 Å². The van der Waals surface area contributed by atoms with Crippen LogP contribution in [0.5, 0.6) is 5.75 Å². The molecule has 1 aliphatic heterocycles. The van der Waals surface area contributed by atoms with Gasteiger partial charge in [-0.05, 0) is 42.0 Å². The van der Waals surface area contributed by atoms with Gasteiger partial charge in [0.15, 0.2) is 5.76 Å². The molecule has 1 aliphatic rings. The molecule has 32 heavy (non-hydrogen) atoms. The van der Waals surface area contributed by atoms with Crippen molar-refractivity contribution >= 4 is 23.0 Å². The van der Waals surface area contributed by atoms with E-state index in [0.29, 0.717) is 36.7 Å². The van der Waals surface area contributed by atoms with Crippen LogP contribution in [-0.2, 0) is 11.3 Å². The van der Waals surface area contributed by atoms with Gasteiger partial charge in [0, 0.05) is 25.5 Å². The molecule has 0 unspecified atom stereocenters. The Bertz CT molecular complexity index is 1110. The smallest absolute Gasteiger partial charge is 0.290 e. The normalized spacial score (nSPS) is 16.1. The summed E-state index contributed by atoms with van der Waals surface area (Å²) in [5.74, 6) is -0.659. The molecule has 0 fully saturated rings. The van der Waals surface area contributed by atoms with Crippen molar-refractivity contribution < 1.29 is 19.4 Å². The molecule has 0 bridgehead atoms. The number of Topliss-reactive ketones (excluding diaryl/α,β-unsaturated/α-hetero) is 1. The van der Waals surface area contributed by atoms with Crippen molar-refractivity contribution in [3.63, 3.8) is 0 Å². The molecule has 3 aromatic rings. The van der Waals surface area contributed by atoms with Crippen LogP contribution in [0.15, 0.2) is 71.8 Å². The zero-order valence-electron chi connectivity index (χ0n) is 17.8. The van der Waals surface area contributed by atoms with E-state index in [2.05, 4.69) is 4.98 Å². The number of ether oxygens (including phenoxy) is 1. The lowest BCUT2D eigenvalue weighted by Gasteiger charge is -2.27. The molecule has 0 radical (unpaired) electrons. The predicted molar refractivity (Wildman–Crippen MR) is 122 cm³/mol. The first-order valence-electron chi connectivity index (χ1n) is 10.6.